The smallest absolute Gasteiger partial charge is 0.0604 e. The third-order valence-electron chi connectivity index (χ3n) is 4.05. The molecular formula is C11H20O. The largest absolute Gasteiger partial charge is 0.375 e. The molecule has 6 atom stereocenters. The molecule has 1 heterocycles. The lowest BCUT2D eigenvalue weighted by molar-refractivity contribution is -0.0776. The summed E-state index contributed by atoms with van der Waals surface area (Å²) in [6, 6.07) is 0. The van der Waals surface area contributed by atoms with Crippen molar-refractivity contribution in [3.8, 4) is 0 Å². The third-order valence-corrected chi connectivity index (χ3v) is 4.05. The van der Waals surface area contributed by atoms with Crippen LogP contribution in [-0.4, -0.2) is 12.2 Å². The molecule has 0 bridgehead atoms. The summed E-state index contributed by atoms with van der Waals surface area (Å²) in [6.07, 6.45) is 2.24. The second-order valence-corrected chi connectivity index (χ2v) is 4.66. The van der Waals surface area contributed by atoms with Gasteiger partial charge in [-0.2, -0.15) is 0 Å². The Morgan fingerprint density at radius 3 is 2.25 bits per heavy atom. The van der Waals surface area contributed by atoms with Crippen LogP contribution < -0.4 is 0 Å². The van der Waals surface area contributed by atoms with E-state index in [9.17, 15) is 0 Å². The summed E-state index contributed by atoms with van der Waals surface area (Å²) in [6.45, 7) is 9.22. The molecule has 12 heavy (non-hydrogen) atoms. The molecule has 2 fully saturated rings. The van der Waals surface area contributed by atoms with E-state index in [1.807, 2.05) is 0 Å². The van der Waals surface area contributed by atoms with Gasteiger partial charge in [0.25, 0.3) is 0 Å². The zero-order valence-electron chi connectivity index (χ0n) is 8.58. The molecule has 0 amide bonds. The van der Waals surface area contributed by atoms with E-state index in [2.05, 4.69) is 27.7 Å². The van der Waals surface area contributed by atoms with Crippen LogP contribution in [0.1, 0.15) is 34.1 Å². The summed E-state index contributed by atoms with van der Waals surface area (Å²) in [5.41, 5.74) is 0. The van der Waals surface area contributed by atoms with Crippen LogP contribution in [0.25, 0.3) is 0 Å². The minimum atomic E-state index is 0.520. The van der Waals surface area contributed by atoms with E-state index < -0.39 is 0 Å². The highest BCUT2D eigenvalue weighted by Gasteiger charge is 2.57. The average molecular weight is 168 g/mol. The summed E-state index contributed by atoms with van der Waals surface area (Å²) in [5, 5.41) is 0. The van der Waals surface area contributed by atoms with Crippen LogP contribution in [0.5, 0.6) is 0 Å². The fourth-order valence-corrected chi connectivity index (χ4v) is 3.30. The SMILES string of the molecule is CCC1OC(C)C2C(C)C2C1C. The van der Waals surface area contributed by atoms with Gasteiger partial charge < -0.3 is 4.74 Å². The zero-order chi connectivity index (χ0) is 8.88. The van der Waals surface area contributed by atoms with Crippen molar-refractivity contribution >= 4 is 0 Å². The Hall–Kier alpha value is -0.0400. The van der Waals surface area contributed by atoms with Crippen LogP contribution in [0.2, 0.25) is 0 Å². The molecule has 1 saturated heterocycles. The molecule has 6 unspecified atom stereocenters. The van der Waals surface area contributed by atoms with E-state index in [-0.39, 0.29) is 0 Å². The van der Waals surface area contributed by atoms with Gasteiger partial charge in [-0.05, 0) is 37.0 Å². The maximum atomic E-state index is 5.97. The van der Waals surface area contributed by atoms with Crippen molar-refractivity contribution in [2.45, 2.75) is 46.3 Å². The van der Waals surface area contributed by atoms with Gasteiger partial charge in [0.1, 0.15) is 0 Å². The predicted molar refractivity (Wildman–Crippen MR) is 49.9 cm³/mol. The van der Waals surface area contributed by atoms with Gasteiger partial charge in [-0.1, -0.05) is 20.8 Å². The van der Waals surface area contributed by atoms with E-state index in [0.717, 1.165) is 23.7 Å². The van der Waals surface area contributed by atoms with Gasteiger partial charge in [0.15, 0.2) is 0 Å². The standard InChI is InChI=1S/C11H20O/c1-5-9-6(2)10-7(3)11(10)8(4)12-9/h6-11H,5H2,1-4H3. The predicted octanol–water partition coefficient (Wildman–Crippen LogP) is 2.70. The summed E-state index contributed by atoms with van der Waals surface area (Å²) in [5.74, 6) is 3.57. The molecule has 1 aliphatic heterocycles. The third kappa shape index (κ3) is 1.02. The fourth-order valence-electron chi connectivity index (χ4n) is 3.30. The Labute approximate surface area is 75.5 Å². The second-order valence-electron chi connectivity index (χ2n) is 4.66. The average Bonchev–Trinajstić information content (AvgIpc) is 2.71. The lowest BCUT2D eigenvalue weighted by Crippen LogP contribution is -2.33. The topological polar surface area (TPSA) is 9.23 Å². The van der Waals surface area contributed by atoms with Crippen LogP contribution in [0.3, 0.4) is 0 Å². The highest BCUT2D eigenvalue weighted by Crippen LogP contribution is 2.57. The molecule has 1 aliphatic carbocycles. The van der Waals surface area contributed by atoms with E-state index in [1.54, 1.807) is 0 Å². The van der Waals surface area contributed by atoms with Gasteiger partial charge in [0.05, 0.1) is 12.2 Å². The normalized spacial score (nSPS) is 58.0. The lowest BCUT2D eigenvalue weighted by Gasteiger charge is -2.32. The Balaban J connectivity index is 2.07. The van der Waals surface area contributed by atoms with Crippen molar-refractivity contribution in [1.29, 1.82) is 0 Å². The minimum Gasteiger partial charge on any atom is -0.375 e. The first-order valence-corrected chi connectivity index (χ1v) is 5.32. The van der Waals surface area contributed by atoms with Crippen LogP contribution in [0.4, 0.5) is 0 Å². The molecule has 2 aliphatic rings. The van der Waals surface area contributed by atoms with Crippen molar-refractivity contribution in [3.63, 3.8) is 0 Å². The Bertz CT molecular complexity index is 176. The molecule has 1 nitrogen and oxygen atoms in total. The minimum absolute atomic E-state index is 0.520. The van der Waals surface area contributed by atoms with Crippen LogP contribution in [0.15, 0.2) is 0 Å². The molecule has 0 aromatic rings. The van der Waals surface area contributed by atoms with Crippen molar-refractivity contribution in [2.75, 3.05) is 0 Å². The lowest BCUT2D eigenvalue weighted by atomic mass is 9.91. The van der Waals surface area contributed by atoms with E-state index >= 15 is 0 Å². The number of fused-ring (bicyclic) bond motifs is 1. The summed E-state index contributed by atoms with van der Waals surface area (Å²) >= 11 is 0. The second kappa shape index (κ2) is 2.73. The van der Waals surface area contributed by atoms with E-state index in [0.29, 0.717) is 12.2 Å². The van der Waals surface area contributed by atoms with E-state index in [1.165, 1.54) is 6.42 Å². The molecule has 1 heteroatoms. The monoisotopic (exact) mass is 168 g/mol. The number of hydrogen-bond donors (Lipinski definition) is 0. The first kappa shape index (κ1) is 8.55. The van der Waals surface area contributed by atoms with Crippen molar-refractivity contribution < 1.29 is 4.74 Å². The van der Waals surface area contributed by atoms with Crippen molar-refractivity contribution in [1.82, 2.24) is 0 Å². The van der Waals surface area contributed by atoms with Crippen molar-refractivity contribution in [2.24, 2.45) is 23.7 Å². The molecule has 0 spiro atoms. The number of hydrogen-bond acceptors (Lipinski definition) is 1. The molecule has 1 saturated carbocycles. The molecule has 0 aromatic carbocycles. The molecule has 2 rings (SSSR count). The number of ether oxygens (including phenoxy) is 1. The maximum Gasteiger partial charge on any atom is 0.0604 e. The Morgan fingerprint density at radius 2 is 1.67 bits per heavy atom. The van der Waals surface area contributed by atoms with E-state index in [4.69, 9.17) is 4.74 Å². The van der Waals surface area contributed by atoms with Gasteiger partial charge in [-0.15, -0.1) is 0 Å². The van der Waals surface area contributed by atoms with Gasteiger partial charge in [0.2, 0.25) is 0 Å². The van der Waals surface area contributed by atoms with Crippen molar-refractivity contribution in [3.05, 3.63) is 0 Å². The zero-order valence-corrected chi connectivity index (χ0v) is 8.58. The summed E-state index contributed by atoms with van der Waals surface area (Å²) in [4.78, 5) is 0. The molecule has 70 valence electrons. The summed E-state index contributed by atoms with van der Waals surface area (Å²) < 4.78 is 5.97. The molecular weight excluding hydrogens is 148 g/mol. The molecule has 0 aromatic heterocycles. The maximum absolute atomic E-state index is 5.97. The van der Waals surface area contributed by atoms with Crippen LogP contribution >= 0.6 is 0 Å². The first-order chi connectivity index (χ1) is 5.66. The fraction of sp³-hybridized carbons (Fsp3) is 1.00. The van der Waals surface area contributed by atoms with Crippen LogP contribution in [0, 0.1) is 23.7 Å². The molecule has 0 N–H and O–H groups in total. The first-order valence-electron chi connectivity index (χ1n) is 5.32. The summed E-state index contributed by atoms with van der Waals surface area (Å²) in [7, 11) is 0. The highest BCUT2D eigenvalue weighted by atomic mass is 16.5. The quantitative estimate of drug-likeness (QED) is 0.585. The number of rotatable bonds is 1. The van der Waals surface area contributed by atoms with Gasteiger partial charge in [-0.25, -0.2) is 0 Å². The highest BCUT2D eigenvalue weighted by molar-refractivity contribution is 5.04. The van der Waals surface area contributed by atoms with Gasteiger partial charge in [0, 0.05) is 0 Å². The van der Waals surface area contributed by atoms with Crippen LogP contribution in [-0.2, 0) is 4.74 Å². The van der Waals surface area contributed by atoms with Gasteiger partial charge in [-0.3, -0.25) is 0 Å². The molecule has 0 radical (unpaired) electrons. The Morgan fingerprint density at radius 1 is 1.00 bits per heavy atom. The van der Waals surface area contributed by atoms with Gasteiger partial charge >= 0.3 is 0 Å². The Kier molecular flexibility index (Phi) is 1.95.